The smallest absolute Gasteiger partial charge is 0.405 e. The first-order chi connectivity index (χ1) is 20.2. The first kappa shape index (κ1) is 35.3. The van der Waals surface area contributed by atoms with Crippen LogP contribution < -0.4 is 16.4 Å². The first-order valence-electron chi connectivity index (χ1n) is 14.1. The first-order valence-corrected chi connectivity index (χ1v) is 14.1. The third-order valence-corrected chi connectivity index (χ3v) is 7.38. The molecule has 3 amide bonds. The third-order valence-electron chi connectivity index (χ3n) is 7.38. The lowest BCUT2D eigenvalue weighted by Crippen LogP contribution is -2.38. The Kier molecular flexibility index (Phi) is 13.2. The Labute approximate surface area is 252 Å². The molecule has 0 saturated heterocycles. The van der Waals surface area contributed by atoms with Gasteiger partial charge in [-0.05, 0) is 38.2 Å². The van der Waals surface area contributed by atoms with Crippen molar-refractivity contribution in [2.24, 2.45) is 17.6 Å². The van der Waals surface area contributed by atoms with Crippen molar-refractivity contribution >= 4 is 29.5 Å². The molecule has 2 bridgehead atoms. The number of fused-ring (bicyclic) bond motifs is 2. The van der Waals surface area contributed by atoms with E-state index in [0.29, 0.717) is 5.57 Å². The van der Waals surface area contributed by atoms with E-state index in [9.17, 15) is 29.1 Å². The number of amides is 3. The Morgan fingerprint density at radius 2 is 1.81 bits per heavy atom. The molecule has 6 atom stereocenters. The Bertz CT molecular complexity index is 1260. The van der Waals surface area contributed by atoms with Crippen LogP contribution in [0.4, 0.5) is 4.79 Å². The zero-order chi connectivity index (χ0) is 32.4. The molecular weight excluding hydrogens is 558 g/mol. The van der Waals surface area contributed by atoms with Gasteiger partial charge in [0.15, 0.2) is 6.10 Å². The third kappa shape index (κ3) is 9.57. The number of methoxy groups -OCH3 is 2. The van der Waals surface area contributed by atoms with E-state index in [1.165, 1.54) is 33.3 Å². The van der Waals surface area contributed by atoms with Gasteiger partial charge < -0.3 is 35.7 Å². The number of ketones is 2. The molecule has 0 aromatic carbocycles. The maximum Gasteiger partial charge on any atom is 0.405 e. The summed E-state index contributed by atoms with van der Waals surface area (Å²) in [6.07, 6.45) is 3.28. The van der Waals surface area contributed by atoms with E-state index in [-0.39, 0.29) is 47.7 Å². The summed E-state index contributed by atoms with van der Waals surface area (Å²) in [7, 11) is 2.87. The predicted octanol–water partition coefficient (Wildman–Crippen LogP) is 2.29. The van der Waals surface area contributed by atoms with Crippen molar-refractivity contribution in [3.8, 4) is 0 Å². The van der Waals surface area contributed by atoms with Crippen LogP contribution in [-0.4, -0.2) is 73.2 Å². The highest BCUT2D eigenvalue weighted by Gasteiger charge is 2.34. The van der Waals surface area contributed by atoms with Crippen molar-refractivity contribution in [2.45, 2.75) is 78.3 Å². The fraction of sp³-hybridized carbons (Fsp3) is 0.516. The molecule has 12 nitrogen and oxygen atoms in total. The summed E-state index contributed by atoms with van der Waals surface area (Å²) < 4.78 is 16.5. The molecule has 1 aliphatic carbocycles. The Morgan fingerprint density at radius 3 is 2.40 bits per heavy atom. The van der Waals surface area contributed by atoms with Gasteiger partial charge in [0.2, 0.25) is 17.5 Å². The summed E-state index contributed by atoms with van der Waals surface area (Å²) in [5.74, 6) is -3.06. The van der Waals surface area contributed by atoms with E-state index >= 15 is 0 Å². The molecule has 12 heteroatoms. The summed E-state index contributed by atoms with van der Waals surface area (Å²) in [6, 6.07) is 0. The molecule has 1 heterocycles. The molecule has 0 aromatic heterocycles. The number of carbonyl (C=O) groups excluding carboxylic acids is 5. The maximum absolute atomic E-state index is 13.6. The van der Waals surface area contributed by atoms with Crippen LogP contribution in [0.3, 0.4) is 0 Å². The van der Waals surface area contributed by atoms with E-state index in [1.54, 1.807) is 32.9 Å². The van der Waals surface area contributed by atoms with Gasteiger partial charge in [0.05, 0.1) is 23.6 Å². The van der Waals surface area contributed by atoms with Crippen LogP contribution >= 0.6 is 0 Å². The summed E-state index contributed by atoms with van der Waals surface area (Å²) in [6.45, 7) is 8.45. The van der Waals surface area contributed by atoms with Crippen molar-refractivity contribution < 1.29 is 43.3 Å². The highest BCUT2D eigenvalue weighted by Crippen LogP contribution is 2.29. The lowest BCUT2D eigenvalue weighted by Gasteiger charge is -2.30. The van der Waals surface area contributed by atoms with Gasteiger partial charge in [-0.15, -0.1) is 0 Å². The van der Waals surface area contributed by atoms with E-state index in [2.05, 4.69) is 10.6 Å². The van der Waals surface area contributed by atoms with Crippen LogP contribution in [0.15, 0.2) is 58.5 Å². The molecule has 43 heavy (non-hydrogen) atoms. The number of ether oxygens (including phenoxy) is 3. The average Bonchev–Trinajstić information content (AvgIpc) is 2.95. The molecule has 0 spiro atoms. The largest absolute Gasteiger partial charge is 0.439 e. The second-order valence-electron chi connectivity index (χ2n) is 10.8. The van der Waals surface area contributed by atoms with Crippen LogP contribution in [0.5, 0.6) is 0 Å². The number of nitrogens with two attached hydrogens (primary N) is 1. The zero-order valence-corrected chi connectivity index (χ0v) is 25.8. The zero-order valence-electron chi connectivity index (χ0n) is 25.8. The molecule has 0 fully saturated rings. The second kappa shape index (κ2) is 16.1. The van der Waals surface area contributed by atoms with Gasteiger partial charge in [-0.1, -0.05) is 45.1 Å². The van der Waals surface area contributed by atoms with Crippen LogP contribution in [0, 0.1) is 11.8 Å². The fourth-order valence-corrected chi connectivity index (χ4v) is 4.95. The Morgan fingerprint density at radius 1 is 1.14 bits per heavy atom. The second-order valence-corrected chi connectivity index (χ2v) is 10.8. The van der Waals surface area contributed by atoms with Gasteiger partial charge in [-0.3, -0.25) is 19.2 Å². The van der Waals surface area contributed by atoms with Crippen LogP contribution in [0.25, 0.3) is 0 Å². The van der Waals surface area contributed by atoms with Gasteiger partial charge in [0.25, 0.3) is 5.91 Å². The standard InChI is InChI=1S/C31H43N3O9/c1-8-25(36)34-26-20-12-16(2)13-24(42-7)27(37)18(4)14-19(5)29(43-31(32)40)23(41-6)11-9-10-17(3)30(39)33-21(28(20)38)15-22(26)35/h9-11,14-16,18,23-24,27,29,37H,8,12-13H2,1-7H3,(H2,32,40)(H,33,39)(H,34,36)/t16-,18+,23+,24+,27-,29+/m1/s1. The number of carbonyl (C=O) groups is 5. The number of hydrogen-bond acceptors (Lipinski definition) is 9. The van der Waals surface area contributed by atoms with E-state index in [0.717, 1.165) is 6.08 Å². The molecule has 0 radical (unpaired) electrons. The van der Waals surface area contributed by atoms with E-state index in [1.807, 2.05) is 6.92 Å². The quantitative estimate of drug-likeness (QED) is 0.271. The van der Waals surface area contributed by atoms with Crippen molar-refractivity contribution in [2.75, 3.05) is 14.2 Å². The van der Waals surface area contributed by atoms with Crippen molar-refractivity contribution in [3.05, 3.63) is 58.5 Å². The summed E-state index contributed by atoms with van der Waals surface area (Å²) in [5, 5.41) is 16.3. The minimum atomic E-state index is -1.02. The van der Waals surface area contributed by atoms with Crippen molar-refractivity contribution in [1.82, 2.24) is 10.6 Å². The minimum Gasteiger partial charge on any atom is -0.439 e. The number of aliphatic hydroxyl groups is 1. The van der Waals surface area contributed by atoms with Crippen molar-refractivity contribution in [1.29, 1.82) is 0 Å². The summed E-state index contributed by atoms with van der Waals surface area (Å²) in [4.78, 5) is 63.5. The highest BCUT2D eigenvalue weighted by atomic mass is 16.6. The number of nitrogens with one attached hydrogen (secondary N) is 2. The molecule has 1 aliphatic heterocycles. The Hall–Kier alpha value is -3.87. The van der Waals surface area contributed by atoms with E-state index in [4.69, 9.17) is 19.9 Å². The average molecular weight is 602 g/mol. The van der Waals surface area contributed by atoms with Crippen LogP contribution in [0.2, 0.25) is 0 Å². The molecule has 2 rings (SSSR count). The van der Waals surface area contributed by atoms with Gasteiger partial charge in [-0.25, -0.2) is 4.79 Å². The molecule has 2 aliphatic rings. The van der Waals surface area contributed by atoms with Gasteiger partial charge in [0.1, 0.15) is 6.10 Å². The number of hydrogen-bond donors (Lipinski definition) is 4. The number of allylic oxidation sites excluding steroid dienone is 4. The van der Waals surface area contributed by atoms with Gasteiger partial charge in [-0.2, -0.15) is 0 Å². The topological polar surface area (TPSA) is 183 Å². The summed E-state index contributed by atoms with van der Waals surface area (Å²) in [5.41, 5.74) is 5.80. The van der Waals surface area contributed by atoms with Crippen molar-refractivity contribution in [3.63, 3.8) is 0 Å². The Balaban J connectivity index is 2.64. The normalized spacial score (nSPS) is 28.0. The lowest BCUT2D eigenvalue weighted by atomic mass is 9.85. The molecular formula is C31H43N3O9. The van der Waals surface area contributed by atoms with E-state index < -0.39 is 59.8 Å². The molecule has 5 N–H and O–H groups in total. The number of rotatable bonds is 5. The molecule has 0 aromatic rings. The number of aliphatic hydroxyl groups excluding tert-OH is 1. The number of primary amides is 1. The minimum absolute atomic E-state index is 0.0547. The van der Waals surface area contributed by atoms with Crippen LogP contribution in [-0.2, 0) is 33.4 Å². The molecule has 0 unspecified atom stereocenters. The summed E-state index contributed by atoms with van der Waals surface area (Å²) >= 11 is 0. The molecule has 0 saturated carbocycles. The monoisotopic (exact) mass is 601 g/mol. The fourth-order valence-electron chi connectivity index (χ4n) is 4.95. The maximum atomic E-state index is 13.6. The predicted molar refractivity (Wildman–Crippen MR) is 158 cm³/mol. The van der Waals surface area contributed by atoms with Gasteiger partial charge >= 0.3 is 6.09 Å². The molecule has 236 valence electrons. The van der Waals surface area contributed by atoms with Crippen LogP contribution in [0.1, 0.15) is 53.9 Å². The highest BCUT2D eigenvalue weighted by molar-refractivity contribution is 6.24. The lowest BCUT2D eigenvalue weighted by molar-refractivity contribution is -0.122. The number of Topliss-reactive ketones (excluding diaryl/α,β-unsaturated/α-hetero) is 1. The van der Waals surface area contributed by atoms with Gasteiger partial charge in [0, 0.05) is 43.8 Å². The SMILES string of the molecule is CCC(=O)NC1=C2C[C@@H](C)C[C@H](OC)[C@H](O)[C@@H](C)C=C(C)[C@H](OC(N)=O)[C@@H](OC)C=CC=C(C)C(=O)NC(=CC1=O)C2=O.